The molecular formula is C19H21NO3. The second-order valence-corrected chi connectivity index (χ2v) is 5.51. The smallest absolute Gasteiger partial charge is 0.308 e. The Balaban J connectivity index is 2.08. The number of nitrogens with one attached hydrogen (secondary N) is 1. The molecule has 1 amide bonds. The Hall–Kier alpha value is -2.62. The van der Waals surface area contributed by atoms with Crippen molar-refractivity contribution in [2.45, 2.75) is 19.3 Å². The maximum absolute atomic E-state index is 11.6. The third kappa shape index (κ3) is 4.68. The minimum Gasteiger partial charge on any atom is -0.481 e. The number of allylic oxidation sites excluding steroid dienone is 1. The molecule has 2 rings (SSSR count). The number of carbonyl (C=O) groups is 2. The number of benzene rings is 2. The zero-order valence-electron chi connectivity index (χ0n) is 13.0. The molecule has 0 aliphatic heterocycles. The Morgan fingerprint density at radius 3 is 2.65 bits per heavy atom. The highest BCUT2D eigenvalue weighted by Gasteiger charge is 2.19. The molecule has 2 aromatic carbocycles. The van der Waals surface area contributed by atoms with Crippen LogP contribution in [0.2, 0.25) is 0 Å². The molecule has 4 nitrogen and oxygen atoms in total. The van der Waals surface area contributed by atoms with Crippen molar-refractivity contribution in [2.24, 2.45) is 5.92 Å². The minimum absolute atomic E-state index is 0.133. The van der Waals surface area contributed by atoms with Crippen LogP contribution in [0.4, 0.5) is 0 Å². The third-order valence-corrected chi connectivity index (χ3v) is 3.82. The molecule has 23 heavy (non-hydrogen) atoms. The second kappa shape index (κ2) is 8.13. The van der Waals surface area contributed by atoms with Crippen molar-refractivity contribution in [3.63, 3.8) is 0 Å². The van der Waals surface area contributed by atoms with Gasteiger partial charge >= 0.3 is 5.97 Å². The summed E-state index contributed by atoms with van der Waals surface area (Å²) in [5.41, 5.74) is 0.982. The molecule has 0 spiro atoms. The number of hydrogen-bond donors (Lipinski definition) is 2. The van der Waals surface area contributed by atoms with Crippen LogP contribution in [0.15, 0.2) is 55.1 Å². The summed E-state index contributed by atoms with van der Waals surface area (Å²) in [6.07, 6.45) is 2.99. The van der Waals surface area contributed by atoms with Crippen molar-refractivity contribution in [3.8, 4) is 0 Å². The van der Waals surface area contributed by atoms with E-state index in [4.69, 9.17) is 0 Å². The van der Waals surface area contributed by atoms with Crippen molar-refractivity contribution in [3.05, 3.63) is 60.7 Å². The normalized spacial score (nSPS) is 11.8. The van der Waals surface area contributed by atoms with E-state index >= 15 is 0 Å². The highest BCUT2D eigenvalue weighted by molar-refractivity contribution is 5.86. The van der Waals surface area contributed by atoms with Gasteiger partial charge < -0.3 is 10.4 Å². The standard InChI is InChI=1S/C19H21NO3/c1-2-3-11-18(21)20-13-16(19(22)23)12-15-9-6-8-14-7-4-5-10-17(14)15/h2,4-10,16H,1,3,11-13H2,(H,20,21)(H,22,23). The molecule has 0 fully saturated rings. The van der Waals surface area contributed by atoms with Gasteiger partial charge in [-0.15, -0.1) is 6.58 Å². The first-order chi connectivity index (χ1) is 11.1. The van der Waals surface area contributed by atoms with Crippen molar-refractivity contribution < 1.29 is 14.7 Å². The summed E-state index contributed by atoms with van der Waals surface area (Å²) in [7, 11) is 0. The molecule has 0 aliphatic carbocycles. The highest BCUT2D eigenvalue weighted by Crippen LogP contribution is 2.21. The Morgan fingerprint density at radius 1 is 1.17 bits per heavy atom. The van der Waals surface area contributed by atoms with E-state index in [9.17, 15) is 14.7 Å². The quantitative estimate of drug-likeness (QED) is 0.736. The number of carbonyl (C=O) groups excluding carboxylic acids is 1. The minimum atomic E-state index is -0.901. The molecule has 4 heteroatoms. The van der Waals surface area contributed by atoms with Crippen LogP contribution in [0.5, 0.6) is 0 Å². The molecule has 2 aromatic rings. The number of hydrogen-bond acceptors (Lipinski definition) is 2. The number of amides is 1. The van der Waals surface area contributed by atoms with Crippen LogP contribution in [0.1, 0.15) is 18.4 Å². The average molecular weight is 311 g/mol. The lowest BCUT2D eigenvalue weighted by Gasteiger charge is -2.15. The molecule has 0 heterocycles. The molecule has 0 aromatic heterocycles. The fraction of sp³-hybridized carbons (Fsp3) is 0.263. The number of aliphatic carboxylic acids is 1. The van der Waals surface area contributed by atoms with Crippen molar-refractivity contribution in [1.82, 2.24) is 5.32 Å². The fourth-order valence-corrected chi connectivity index (χ4v) is 2.54. The molecule has 0 saturated heterocycles. The maximum atomic E-state index is 11.6. The number of carboxylic acid groups (broad SMARTS) is 1. The summed E-state index contributed by atoms with van der Waals surface area (Å²) in [4.78, 5) is 23.1. The zero-order chi connectivity index (χ0) is 16.7. The van der Waals surface area contributed by atoms with Crippen LogP contribution < -0.4 is 5.32 Å². The van der Waals surface area contributed by atoms with Crippen LogP contribution in [-0.2, 0) is 16.0 Å². The molecular weight excluding hydrogens is 290 g/mol. The molecule has 1 unspecified atom stereocenters. The molecule has 2 N–H and O–H groups in total. The monoisotopic (exact) mass is 311 g/mol. The molecule has 0 bridgehead atoms. The van der Waals surface area contributed by atoms with Gasteiger partial charge in [0.05, 0.1) is 5.92 Å². The summed E-state index contributed by atoms with van der Waals surface area (Å²) in [5.74, 6) is -1.69. The van der Waals surface area contributed by atoms with E-state index in [2.05, 4.69) is 11.9 Å². The van der Waals surface area contributed by atoms with E-state index in [0.717, 1.165) is 16.3 Å². The number of fused-ring (bicyclic) bond motifs is 1. The van der Waals surface area contributed by atoms with Gasteiger partial charge in [0, 0.05) is 13.0 Å². The van der Waals surface area contributed by atoms with Crippen LogP contribution in [0.3, 0.4) is 0 Å². The van der Waals surface area contributed by atoms with Gasteiger partial charge in [-0.3, -0.25) is 9.59 Å². The molecule has 0 radical (unpaired) electrons. The predicted molar refractivity (Wildman–Crippen MR) is 91.2 cm³/mol. The summed E-state index contributed by atoms with van der Waals surface area (Å²) in [6, 6.07) is 13.8. The van der Waals surface area contributed by atoms with E-state index in [1.165, 1.54) is 0 Å². The Labute approximate surface area is 135 Å². The van der Waals surface area contributed by atoms with Gasteiger partial charge in [0.15, 0.2) is 0 Å². The molecule has 1 atom stereocenters. The van der Waals surface area contributed by atoms with Crippen molar-refractivity contribution in [2.75, 3.05) is 6.54 Å². The van der Waals surface area contributed by atoms with E-state index in [0.29, 0.717) is 19.3 Å². The summed E-state index contributed by atoms with van der Waals surface area (Å²) in [5, 5.41) is 14.3. The lowest BCUT2D eigenvalue weighted by atomic mass is 9.95. The lowest BCUT2D eigenvalue weighted by Crippen LogP contribution is -2.33. The zero-order valence-corrected chi connectivity index (χ0v) is 13.0. The molecule has 120 valence electrons. The highest BCUT2D eigenvalue weighted by atomic mass is 16.4. The first-order valence-electron chi connectivity index (χ1n) is 7.69. The topological polar surface area (TPSA) is 66.4 Å². The Kier molecular flexibility index (Phi) is 5.92. The van der Waals surface area contributed by atoms with E-state index < -0.39 is 11.9 Å². The van der Waals surface area contributed by atoms with Crippen molar-refractivity contribution in [1.29, 1.82) is 0 Å². The summed E-state index contributed by atoms with van der Waals surface area (Å²) >= 11 is 0. The van der Waals surface area contributed by atoms with Gasteiger partial charge in [0.2, 0.25) is 5.91 Å². The largest absolute Gasteiger partial charge is 0.481 e. The maximum Gasteiger partial charge on any atom is 0.308 e. The first kappa shape index (κ1) is 16.7. The van der Waals surface area contributed by atoms with E-state index in [1.807, 2.05) is 42.5 Å². The molecule has 0 saturated carbocycles. The average Bonchev–Trinajstić information content (AvgIpc) is 2.56. The molecule has 0 aliphatic rings. The summed E-state index contributed by atoms with van der Waals surface area (Å²) < 4.78 is 0. The first-order valence-corrected chi connectivity index (χ1v) is 7.69. The second-order valence-electron chi connectivity index (χ2n) is 5.51. The predicted octanol–water partition coefficient (Wildman–Crippen LogP) is 3.17. The fourth-order valence-electron chi connectivity index (χ4n) is 2.54. The van der Waals surface area contributed by atoms with Crippen LogP contribution in [0.25, 0.3) is 10.8 Å². The van der Waals surface area contributed by atoms with Crippen LogP contribution >= 0.6 is 0 Å². The number of carboxylic acids is 1. The SMILES string of the molecule is C=CCCC(=O)NCC(Cc1cccc2ccccc12)C(=O)O. The lowest BCUT2D eigenvalue weighted by molar-refractivity contribution is -0.141. The Morgan fingerprint density at radius 2 is 1.91 bits per heavy atom. The van der Waals surface area contributed by atoms with E-state index in [1.54, 1.807) is 6.08 Å². The van der Waals surface area contributed by atoms with Crippen LogP contribution in [0, 0.1) is 5.92 Å². The van der Waals surface area contributed by atoms with Gasteiger partial charge in [-0.25, -0.2) is 0 Å². The van der Waals surface area contributed by atoms with Crippen molar-refractivity contribution >= 4 is 22.6 Å². The number of rotatable bonds is 8. The Bertz CT molecular complexity index is 703. The van der Waals surface area contributed by atoms with Crippen LogP contribution in [-0.4, -0.2) is 23.5 Å². The summed E-state index contributed by atoms with van der Waals surface area (Å²) in [6.45, 7) is 3.70. The van der Waals surface area contributed by atoms with Gasteiger partial charge in [0.25, 0.3) is 0 Å². The van der Waals surface area contributed by atoms with Gasteiger partial charge in [-0.05, 0) is 29.2 Å². The van der Waals surface area contributed by atoms with Gasteiger partial charge in [-0.2, -0.15) is 0 Å². The third-order valence-electron chi connectivity index (χ3n) is 3.82. The van der Waals surface area contributed by atoms with Gasteiger partial charge in [0.1, 0.15) is 0 Å². The van der Waals surface area contributed by atoms with E-state index in [-0.39, 0.29) is 12.5 Å². The van der Waals surface area contributed by atoms with Gasteiger partial charge in [-0.1, -0.05) is 48.5 Å².